The molecule has 0 fully saturated rings. The van der Waals surface area contributed by atoms with Crippen LogP contribution in [0.2, 0.25) is 0 Å². The first-order valence-electron chi connectivity index (χ1n) is 8.02. The summed E-state index contributed by atoms with van der Waals surface area (Å²) < 4.78 is 10.5. The molecule has 2 rings (SSSR count). The van der Waals surface area contributed by atoms with E-state index < -0.39 is 0 Å². The van der Waals surface area contributed by atoms with Crippen LogP contribution in [-0.2, 0) is 0 Å². The van der Waals surface area contributed by atoms with Crippen LogP contribution in [0.3, 0.4) is 0 Å². The number of nitrogens with zero attached hydrogens (tertiary/aromatic N) is 1. The number of thiocarbonyl (C=S) groups is 1. The highest BCUT2D eigenvalue weighted by molar-refractivity contribution is 7.80. The number of anilines is 1. The van der Waals surface area contributed by atoms with E-state index in [2.05, 4.69) is 21.6 Å². The summed E-state index contributed by atoms with van der Waals surface area (Å²) in [5, 5.41) is 7.04. The molecular formula is C19H25N3O2S. The first-order chi connectivity index (χ1) is 12.0. The molecule has 2 N–H and O–H groups in total. The minimum absolute atomic E-state index is 0.167. The van der Waals surface area contributed by atoms with Crippen molar-refractivity contribution in [3.05, 3.63) is 54.1 Å². The minimum Gasteiger partial charge on any atom is -0.497 e. The minimum atomic E-state index is 0.167. The predicted molar refractivity (Wildman–Crippen MR) is 107 cm³/mol. The SMILES string of the molecule is COc1cccc(NC(=S)NC[C@H](c2cccc(OC)c2)N(C)C)c1. The van der Waals surface area contributed by atoms with Crippen LogP contribution < -0.4 is 20.1 Å². The molecule has 0 spiro atoms. The fourth-order valence-corrected chi connectivity index (χ4v) is 2.71. The van der Waals surface area contributed by atoms with Crippen molar-refractivity contribution in [1.29, 1.82) is 0 Å². The number of likely N-dealkylation sites (N-methyl/N-ethyl adjacent to an activating group) is 1. The van der Waals surface area contributed by atoms with E-state index in [1.165, 1.54) is 5.56 Å². The van der Waals surface area contributed by atoms with Gasteiger partial charge in [0.15, 0.2) is 5.11 Å². The molecule has 2 aromatic carbocycles. The van der Waals surface area contributed by atoms with Gasteiger partial charge in [-0.05, 0) is 56.1 Å². The predicted octanol–water partition coefficient (Wildman–Crippen LogP) is 3.29. The molecule has 0 aliphatic rings. The summed E-state index contributed by atoms with van der Waals surface area (Å²) in [6.45, 7) is 0.677. The molecule has 0 saturated heterocycles. The summed E-state index contributed by atoms with van der Waals surface area (Å²) in [6.07, 6.45) is 0. The summed E-state index contributed by atoms with van der Waals surface area (Å²) in [4.78, 5) is 2.15. The van der Waals surface area contributed by atoms with Crippen molar-refractivity contribution < 1.29 is 9.47 Å². The molecule has 25 heavy (non-hydrogen) atoms. The fourth-order valence-electron chi connectivity index (χ4n) is 2.51. The van der Waals surface area contributed by atoms with Crippen LogP contribution in [0.15, 0.2) is 48.5 Å². The van der Waals surface area contributed by atoms with Crippen molar-refractivity contribution in [1.82, 2.24) is 10.2 Å². The van der Waals surface area contributed by atoms with E-state index in [1.807, 2.05) is 56.6 Å². The fraction of sp³-hybridized carbons (Fsp3) is 0.316. The largest absolute Gasteiger partial charge is 0.497 e. The van der Waals surface area contributed by atoms with Gasteiger partial charge in [0, 0.05) is 18.3 Å². The molecule has 0 radical (unpaired) electrons. The van der Waals surface area contributed by atoms with E-state index >= 15 is 0 Å². The van der Waals surface area contributed by atoms with Gasteiger partial charge >= 0.3 is 0 Å². The van der Waals surface area contributed by atoms with Crippen molar-refractivity contribution in [2.24, 2.45) is 0 Å². The van der Waals surface area contributed by atoms with E-state index in [0.29, 0.717) is 11.7 Å². The van der Waals surface area contributed by atoms with Gasteiger partial charge < -0.3 is 25.0 Å². The van der Waals surface area contributed by atoms with Gasteiger partial charge in [0.25, 0.3) is 0 Å². The normalized spacial score (nSPS) is 11.7. The van der Waals surface area contributed by atoms with E-state index in [-0.39, 0.29) is 6.04 Å². The second-order valence-corrected chi connectivity index (χ2v) is 6.23. The zero-order valence-corrected chi connectivity index (χ0v) is 15.9. The molecule has 0 aliphatic heterocycles. The Hall–Kier alpha value is -2.31. The molecule has 1 atom stereocenters. The zero-order chi connectivity index (χ0) is 18.2. The smallest absolute Gasteiger partial charge is 0.170 e. The van der Waals surface area contributed by atoms with Crippen LogP contribution in [0.4, 0.5) is 5.69 Å². The Labute approximate surface area is 154 Å². The Morgan fingerprint density at radius 3 is 2.32 bits per heavy atom. The third-order valence-corrected chi connectivity index (χ3v) is 4.13. The van der Waals surface area contributed by atoms with Crippen LogP contribution in [0.5, 0.6) is 11.5 Å². The van der Waals surface area contributed by atoms with E-state index in [4.69, 9.17) is 21.7 Å². The quantitative estimate of drug-likeness (QED) is 0.740. The highest BCUT2D eigenvalue weighted by atomic mass is 32.1. The highest BCUT2D eigenvalue weighted by Gasteiger charge is 2.15. The number of hydrogen-bond donors (Lipinski definition) is 2. The molecule has 6 heteroatoms. The third-order valence-electron chi connectivity index (χ3n) is 3.89. The summed E-state index contributed by atoms with van der Waals surface area (Å²) in [7, 11) is 7.41. The maximum atomic E-state index is 5.41. The molecule has 0 bridgehead atoms. The molecule has 5 nitrogen and oxygen atoms in total. The summed E-state index contributed by atoms with van der Waals surface area (Å²) in [6, 6.07) is 15.9. The van der Waals surface area contributed by atoms with Crippen molar-refractivity contribution >= 4 is 23.0 Å². The van der Waals surface area contributed by atoms with Gasteiger partial charge in [-0.15, -0.1) is 0 Å². The van der Waals surface area contributed by atoms with E-state index in [9.17, 15) is 0 Å². The molecule has 0 heterocycles. The van der Waals surface area contributed by atoms with Gasteiger partial charge in [0.1, 0.15) is 11.5 Å². The second-order valence-electron chi connectivity index (χ2n) is 5.82. The van der Waals surface area contributed by atoms with Gasteiger partial charge in [0.2, 0.25) is 0 Å². The van der Waals surface area contributed by atoms with Gasteiger partial charge in [-0.25, -0.2) is 0 Å². The van der Waals surface area contributed by atoms with Crippen molar-refractivity contribution in [3.63, 3.8) is 0 Å². The van der Waals surface area contributed by atoms with Crippen molar-refractivity contribution in [3.8, 4) is 11.5 Å². The van der Waals surface area contributed by atoms with E-state index in [0.717, 1.165) is 17.2 Å². The Morgan fingerprint density at radius 1 is 1.04 bits per heavy atom. The number of rotatable bonds is 7. The van der Waals surface area contributed by atoms with Crippen LogP contribution in [0.1, 0.15) is 11.6 Å². The maximum Gasteiger partial charge on any atom is 0.170 e. The van der Waals surface area contributed by atoms with Crippen molar-refractivity contribution in [2.45, 2.75) is 6.04 Å². The Bertz CT molecular complexity index is 707. The Kier molecular flexibility index (Phi) is 7.03. The van der Waals surface area contributed by atoms with Crippen LogP contribution >= 0.6 is 12.2 Å². The first kappa shape index (κ1) is 19.0. The lowest BCUT2D eigenvalue weighted by Gasteiger charge is -2.26. The van der Waals surface area contributed by atoms with E-state index in [1.54, 1.807) is 14.2 Å². The Balaban J connectivity index is 1.99. The third kappa shape index (κ3) is 5.62. The molecule has 0 saturated carbocycles. The van der Waals surface area contributed by atoms with Crippen LogP contribution in [0, 0.1) is 0 Å². The lowest BCUT2D eigenvalue weighted by molar-refractivity contribution is 0.298. The maximum absolute atomic E-state index is 5.41. The molecule has 0 aliphatic carbocycles. The number of hydrogen-bond acceptors (Lipinski definition) is 4. The second kappa shape index (κ2) is 9.25. The number of methoxy groups -OCH3 is 2. The zero-order valence-electron chi connectivity index (χ0n) is 15.1. The van der Waals surface area contributed by atoms with Crippen LogP contribution in [-0.4, -0.2) is 44.9 Å². The van der Waals surface area contributed by atoms with Gasteiger partial charge in [-0.3, -0.25) is 0 Å². The molecular weight excluding hydrogens is 334 g/mol. The average molecular weight is 359 g/mol. The highest BCUT2D eigenvalue weighted by Crippen LogP contribution is 2.22. The molecule has 0 aromatic heterocycles. The number of nitrogens with one attached hydrogen (secondary N) is 2. The molecule has 0 amide bonds. The van der Waals surface area contributed by atoms with Gasteiger partial charge in [-0.2, -0.15) is 0 Å². The summed E-state index contributed by atoms with van der Waals surface area (Å²) in [5.74, 6) is 1.64. The van der Waals surface area contributed by atoms with Gasteiger partial charge in [0.05, 0.1) is 20.3 Å². The van der Waals surface area contributed by atoms with Crippen LogP contribution in [0.25, 0.3) is 0 Å². The number of ether oxygens (including phenoxy) is 2. The standard InChI is InChI=1S/C19H25N3O2S/c1-22(2)18(14-7-5-9-16(11-14)23-3)13-20-19(25)21-15-8-6-10-17(12-15)24-4/h5-12,18H,13H2,1-4H3,(H2,20,21,25)/t18-/m1/s1. The Morgan fingerprint density at radius 2 is 1.68 bits per heavy atom. The summed E-state index contributed by atoms with van der Waals surface area (Å²) in [5.41, 5.74) is 2.06. The summed E-state index contributed by atoms with van der Waals surface area (Å²) >= 11 is 5.41. The average Bonchev–Trinajstić information content (AvgIpc) is 2.62. The van der Waals surface area contributed by atoms with Gasteiger partial charge in [-0.1, -0.05) is 18.2 Å². The number of benzene rings is 2. The van der Waals surface area contributed by atoms with Crippen molar-refractivity contribution in [2.75, 3.05) is 40.2 Å². The molecule has 2 aromatic rings. The molecule has 134 valence electrons. The topological polar surface area (TPSA) is 45.8 Å². The lowest BCUT2D eigenvalue weighted by Crippen LogP contribution is -2.36. The molecule has 0 unspecified atom stereocenters. The first-order valence-corrected chi connectivity index (χ1v) is 8.43. The monoisotopic (exact) mass is 359 g/mol. The lowest BCUT2D eigenvalue weighted by atomic mass is 10.1.